The zero-order valence-electron chi connectivity index (χ0n) is 5.68. The zero-order chi connectivity index (χ0) is 10.4. The van der Waals surface area contributed by atoms with Gasteiger partial charge in [-0.1, -0.05) is 0 Å². The Balaban J connectivity index is 0. The number of hydrogen-bond acceptors (Lipinski definition) is 5. The van der Waals surface area contributed by atoms with Crippen molar-refractivity contribution in [1.29, 1.82) is 0 Å². The van der Waals surface area contributed by atoms with Crippen LogP contribution in [0.2, 0.25) is 0 Å². The molecule has 0 bridgehead atoms. The van der Waals surface area contributed by atoms with Crippen LogP contribution in [0.15, 0.2) is 0 Å². The third kappa shape index (κ3) is 73.2. The van der Waals surface area contributed by atoms with Crippen LogP contribution in [-0.2, 0) is 10.4 Å². The summed E-state index contributed by atoms with van der Waals surface area (Å²) in [5.41, 5.74) is 9.34. The minimum absolute atomic E-state index is 0.187. The van der Waals surface area contributed by atoms with Gasteiger partial charge in [0.2, 0.25) is 0 Å². The highest BCUT2D eigenvalue weighted by atomic mass is 32.3. The molecule has 72 valence electrons. The molecule has 0 radical (unpaired) electrons. The average molecular weight is 199 g/mol. The summed E-state index contributed by atoms with van der Waals surface area (Å²) < 4.78 is 34.1. The van der Waals surface area contributed by atoms with E-state index in [4.69, 9.17) is 28.7 Å². The summed E-state index contributed by atoms with van der Waals surface area (Å²) in [4.78, 5) is 9.74. The van der Waals surface area contributed by atoms with Gasteiger partial charge in [0.1, 0.15) is 0 Å². The Kier molecular flexibility index (Phi) is 5.82. The minimum atomic E-state index is -5.17. The predicted octanol–water partition coefficient (Wildman–Crippen LogP) is -4.61. The normalized spacial score (nSPS) is 9.17. The first-order valence-corrected chi connectivity index (χ1v) is 3.57. The minimum Gasteiger partial charge on any atom is -0.759 e. The molecule has 0 saturated carbocycles. The van der Waals surface area contributed by atoms with Crippen molar-refractivity contribution in [2.45, 2.75) is 0 Å². The molecule has 0 aliphatic heterocycles. The molecule has 0 fully saturated rings. The molecule has 0 atom stereocenters. The van der Waals surface area contributed by atoms with Crippen LogP contribution in [0.25, 0.3) is 0 Å². The summed E-state index contributed by atoms with van der Waals surface area (Å²) in [6.07, 6.45) is 0. The Morgan fingerprint density at radius 2 is 1.58 bits per heavy atom. The van der Waals surface area contributed by atoms with Crippen LogP contribution in [0, 0.1) is 0 Å². The lowest BCUT2D eigenvalue weighted by Gasteiger charge is -2.06. The Bertz CT molecular complexity index is 237. The maximum absolute atomic E-state index is 9.74. The van der Waals surface area contributed by atoms with E-state index in [2.05, 4.69) is 5.73 Å². The molecule has 2 amide bonds. The molecule has 9 nitrogen and oxygen atoms in total. The molecule has 12 heavy (non-hydrogen) atoms. The Morgan fingerprint density at radius 3 is 1.58 bits per heavy atom. The molecule has 0 unspecified atom stereocenters. The number of amides is 2. The lowest BCUT2D eigenvalue weighted by molar-refractivity contribution is -0.118. The van der Waals surface area contributed by atoms with E-state index in [-0.39, 0.29) is 5.96 Å². The molecule has 10 heteroatoms. The van der Waals surface area contributed by atoms with E-state index in [1.165, 1.54) is 0 Å². The Morgan fingerprint density at radius 1 is 1.33 bits per heavy atom. The zero-order valence-corrected chi connectivity index (χ0v) is 6.50. The topological polar surface area (TPSA) is 187 Å². The first-order chi connectivity index (χ1) is 5.13. The summed E-state index contributed by atoms with van der Waals surface area (Å²) in [6.45, 7) is 0. The summed E-state index contributed by atoms with van der Waals surface area (Å²) in [5, 5.41) is 6.69. The summed E-state index contributed by atoms with van der Waals surface area (Å²) in [6, 6.07) is -0.750. The highest BCUT2D eigenvalue weighted by Gasteiger charge is 1.96. The quantitative estimate of drug-likeness (QED) is 0.131. The van der Waals surface area contributed by atoms with Gasteiger partial charge < -0.3 is 14.8 Å². The number of primary amides is 1. The van der Waals surface area contributed by atoms with Gasteiger partial charge in [-0.3, -0.25) is 19.6 Å². The number of guanidine groups is 1. The van der Waals surface area contributed by atoms with E-state index in [0.29, 0.717) is 0 Å². The number of hydrogen-bond donors (Lipinski definition) is 4. The van der Waals surface area contributed by atoms with Crippen LogP contribution in [0.3, 0.4) is 0 Å². The fourth-order valence-electron chi connectivity index (χ4n) is 0.142. The van der Waals surface area contributed by atoms with Crippen molar-refractivity contribution < 1.29 is 27.7 Å². The third-order valence-electron chi connectivity index (χ3n) is 0.268. The van der Waals surface area contributed by atoms with E-state index >= 15 is 0 Å². The largest absolute Gasteiger partial charge is 0.759 e. The average Bonchev–Trinajstić information content (AvgIpc) is 1.52. The SMILES string of the molecule is NC(=[NH2+])NC(N)=O.O=S(=O)([O-])[O-]. The van der Waals surface area contributed by atoms with Crippen molar-refractivity contribution in [2.24, 2.45) is 11.5 Å². The fourth-order valence-corrected chi connectivity index (χ4v) is 0.142. The second-order valence-electron chi connectivity index (χ2n) is 1.35. The molecule has 0 aliphatic rings. The Labute approximate surface area is 67.8 Å². The van der Waals surface area contributed by atoms with Crippen molar-refractivity contribution in [3.05, 3.63) is 0 Å². The highest BCUT2D eigenvalue weighted by Crippen LogP contribution is 1.57. The summed E-state index contributed by atoms with van der Waals surface area (Å²) in [7, 11) is -5.17. The fraction of sp³-hybridized carbons (Fsp3) is 0. The molecular formula is C2H7N4O5S-. The van der Waals surface area contributed by atoms with Crippen molar-refractivity contribution >= 4 is 22.4 Å². The van der Waals surface area contributed by atoms with Gasteiger partial charge in [0.15, 0.2) is 0 Å². The number of carbonyl (C=O) groups excluding carboxylic acids is 1. The van der Waals surface area contributed by atoms with Gasteiger partial charge in [-0.25, -0.2) is 4.79 Å². The van der Waals surface area contributed by atoms with Crippen LogP contribution in [0.1, 0.15) is 0 Å². The molecule has 0 aromatic heterocycles. The van der Waals surface area contributed by atoms with Gasteiger partial charge in [-0.15, -0.1) is 0 Å². The summed E-state index contributed by atoms with van der Waals surface area (Å²) in [5.74, 6) is -0.187. The smallest absolute Gasteiger partial charge is 0.376 e. The second-order valence-corrected chi connectivity index (χ2v) is 2.17. The van der Waals surface area contributed by atoms with Crippen LogP contribution in [0.4, 0.5) is 4.79 Å². The van der Waals surface area contributed by atoms with Crippen LogP contribution >= 0.6 is 0 Å². The van der Waals surface area contributed by atoms with Gasteiger partial charge >= 0.3 is 12.0 Å². The lowest BCUT2D eigenvalue weighted by Crippen LogP contribution is -2.57. The van der Waals surface area contributed by atoms with Gasteiger partial charge in [0.25, 0.3) is 0 Å². The molecule has 7 N–H and O–H groups in total. The maximum Gasteiger partial charge on any atom is 0.376 e. The standard InChI is InChI=1S/C2H6N4O.H2O4S/c3-1(4)6-2(5)7;1-5(2,3)4/h(H6,3,4,5,6,7);(H2,1,2,3,4)/p-1. The number of nitrogens with two attached hydrogens (primary N) is 3. The van der Waals surface area contributed by atoms with Crippen molar-refractivity contribution in [2.75, 3.05) is 0 Å². The van der Waals surface area contributed by atoms with E-state index < -0.39 is 16.4 Å². The first kappa shape index (κ1) is 13.2. The second kappa shape index (κ2) is 5.29. The molecule has 0 heterocycles. The number of urea groups is 1. The number of carbonyl (C=O) groups is 1. The highest BCUT2D eigenvalue weighted by molar-refractivity contribution is 7.79. The van der Waals surface area contributed by atoms with Crippen molar-refractivity contribution in [3.63, 3.8) is 0 Å². The molecule has 0 aromatic carbocycles. The molecule has 0 saturated heterocycles. The van der Waals surface area contributed by atoms with Gasteiger partial charge in [-0.2, -0.15) is 5.32 Å². The maximum atomic E-state index is 9.74. The summed E-state index contributed by atoms with van der Waals surface area (Å²) >= 11 is 0. The molecule has 0 aromatic rings. The predicted molar refractivity (Wildman–Crippen MR) is 34.3 cm³/mol. The monoisotopic (exact) mass is 199 g/mol. The Hall–Kier alpha value is -1.39. The molecule has 0 rings (SSSR count). The number of nitrogens with one attached hydrogen (secondary N) is 1. The molecule has 0 spiro atoms. The lowest BCUT2D eigenvalue weighted by atomic mass is 10.9. The van der Waals surface area contributed by atoms with Crippen molar-refractivity contribution in [3.8, 4) is 0 Å². The van der Waals surface area contributed by atoms with Gasteiger partial charge in [0, 0.05) is 10.4 Å². The van der Waals surface area contributed by atoms with Crippen molar-refractivity contribution in [1.82, 2.24) is 5.32 Å². The third-order valence-corrected chi connectivity index (χ3v) is 0.268. The molecular weight excluding hydrogens is 192 g/mol. The molecule has 0 aliphatic carbocycles. The van der Waals surface area contributed by atoms with E-state index in [9.17, 15) is 4.79 Å². The van der Waals surface area contributed by atoms with Crippen LogP contribution < -0.4 is 22.2 Å². The van der Waals surface area contributed by atoms with Crippen LogP contribution in [0.5, 0.6) is 0 Å². The van der Waals surface area contributed by atoms with Gasteiger partial charge in [-0.05, 0) is 0 Å². The van der Waals surface area contributed by atoms with Crippen LogP contribution in [-0.4, -0.2) is 29.5 Å². The number of rotatable bonds is 0. The van der Waals surface area contributed by atoms with Gasteiger partial charge in [0.05, 0.1) is 0 Å². The van der Waals surface area contributed by atoms with E-state index in [0.717, 1.165) is 0 Å². The van der Waals surface area contributed by atoms with E-state index in [1.807, 2.05) is 5.32 Å². The first-order valence-electron chi connectivity index (χ1n) is 2.24. The van der Waals surface area contributed by atoms with E-state index in [1.54, 1.807) is 0 Å².